The van der Waals surface area contributed by atoms with Crippen molar-refractivity contribution in [3.05, 3.63) is 29.3 Å². The van der Waals surface area contributed by atoms with Gasteiger partial charge in [0.25, 0.3) is 0 Å². The molecule has 7 nitrogen and oxygen atoms in total. The van der Waals surface area contributed by atoms with Crippen molar-refractivity contribution in [1.82, 2.24) is 9.80 Å². The summed E-state index contributed by atoms with van der Waals surface area (Å²) in [5, 5.41) is 0. The molecule has 0 radical (unpaired) electrons. The van der Waals surface area contributed by atoms with Crippen molar-refractivity contribution >= 4 is 17.7 Å². The number of nitrogens with zero attached hydrogens (tertiary/aromatic N) is 2. The van der Waals surface area contributed by atoms with Crippen LogP contribution in [-0.2, 0) is 27.3 Å². The Balaban J connectivity index is 1.09. The molecule has 3 fully saturated rings. The van der Waals surface area contributed by atoms with E-state index in [0.29, 0.717) is 0 Å². The number of fused-ring (bicyclic) bond motifs is 2. The summed E-state index contributed by atoms with van der Waals surface area (Å²) in [6, 6.07) is 6.48. The zero-order valence-corrected chi connectivity index (χ0v) is 18.1. The van der Waals surface area contributed by atoms with Gasteiger partial charge in [0.05, 0.1) is 44.6 Å². The topological polar surface area (TPSA) is 71.4 Å². The molecule has 4 aliphatic rings. The summed E-state index contributed by atoms with van der Waals surface area (Å²) in [6.07, 6.45) is 4.93. The number of nitrogens with one attached hydrogen (secondary N) is 1. The number of hydrogen-bond donors (Lipinski definition) is 1. The number of carbonyl (C=O) groups is 3. The van der Waals surface area contributed by atoms with Crippen LogP contribution in [0, 0.1) is 11.8 Å². The Labute approximate surface area is 183 Å². The molecule has 1 N–H and O–H groups in total. The van der Waals surface area contributed by atoms with Crippen LogP contribution in [0.3, 0.4) is 0 Å². The number of piperazine rings is 1. The maximum Gasteiger partial charge on any atom is 0.233 e. The normalized spacial score (nSPS) is 26.1. The van der Waals surface area contributed by atoms with Crippen LogP contribution < -0.4 is 9.64 Å². The average Bonchev–Trinajstić information content (AvgIpc) is 3.35. The lowest BCUT2D eigenvalue weighted by Gasteiger charge is -2.32. The summed E-state index contributed by atoms with van der Waals surface area (Å²) in [5.41, 5.74) is 2.63. The molecule has 0 bridgehead atoms. The van der Waals surface area contributed by atoms with E-state index in [1.807, 2.05) is 4.90 Å². The van der Waals surface area contributed by atoms with Gasteiger partial charge in [-0.3, -0.25) is 19.3 Å². The first-order chi connectivity index (χ1) is 15.1. The summed E-state index contributed by atoms with van der Waals surface area (Å²) >= 11 is 0. The molecule has 0 spiro atoms. The van der Waals surface area contributed by atoms with E-state index in [1.54, 1.807) is 0 Å². The first kappa shape index (κ1) is 20.5. The largest absolute Gasteiger partial charge is 0.493 e. The summed E-state index contributed by atoms with van der Waals surface area (Å²) in [5.74, 6) is 0.726. The first-order valence-electron chi connectivity index (χ1n) is 11.8. The van der Waals surface area contributed by atoms with Gasteiger partial charge in [-0.15, -0.1) is 0 Å². The monoisotopic (exact) mass is 426 g/mol. The Morgan fingerprint density at radius 3 is 2.48 bits per heavy atom. The number of likely N-dealkylation sites (tertiary alicyclic amines) is 1. The summed E-state index contributed by atoms with van der Waals surface area (Å²) in [4.78, 5) is 42.7. The smallest absolute Gasteiger partial charge is 0.233 e. The third kappa shape index (κ3) is 4.07. The van der Waals surface area contributed by atoms with Crippen LogP contribution in [0.4, 0.5) is 0 Å². The van der Waals surface area contributed by atoms with Crippen molar-refractivity contribution in [2.24, 2.45) is 11.8 Å². The number of benzene rings is 1. The van der Waals surface area contributed by atoms with E-state index in [-0.39, 0.29) is 42.5 Å². The van der Waals surface area contributed by atoms with E-state index in [4.69, 9.17) is 4.74 Å². The van der Waals surface area contributed by atoms with Gasteiger partial charge in [-0.25, -0.2) is 0 Å². The van der Waals surface area contributed by atoms with E-state index >= 15 is 0 Å². The number of carbonyl (C=O) groups excluding carboxylic acids is 3. The standard InChI is InChI=1S/C24H31N3O4/c28-22(7-9-27-23(29)19-3-1-2-4-20(19)24(27)30)26-12-10-25(11-13-26)16-17-5-6-21-18(15-17)8-14-31-21/h5-6,15,19-20H,1-4,7-14,16H2/p+1/t19-,20+. The van der Waals surface area contributed by atoms with Gasteiger partial charge < -0.3 is 14.5 Å². The molecule has 3 heterocycles. The lowest BCUT2D eigenvalue weighted by molar-refractivity contribution is -0.917. The Morgan fingerprint density at radius 2 is 1.77 bits per heavy atom. The minimum atomic E-state index is -0.130. The minimum absolute atomic E-state index is 0.0449. The van der Waals surface area contributed by atoms with Gasteiger partial charge in [0.2, 0.25) is 17.7 Å². The van der Waals surface area contributed by atoms with Crippen LogP contribution in [0.25, 0.3) is 0 Å². The van der Waals surface area contributed by atoms with Crippen molar-refractivity contribution in [3.63, 3.8) is 0 Å². The van der Waals surface area contributed by atoms with Gasteiger partial charge in [0, 0.05) is 24.9 Å². The van der Waals surface area contributed by atoms with E-state index in [9.17, 15) is 14.4 Å². The second-order valence-corrected chi connectivity index (χ2v) is 9.42. The SMILES string of the molecule is O=C(CCN1C(=O)[C@H]2CCCC[C@H]2C1=O)N1CC[NH+](Cc2ccc3c(c2)CCO3)CC1. The average molecular weight is 427 g/mol. The van der Waals surface area contributed by atoms with Crippen LogP contribution in [-0.4, -0.2) is 66.9 Å². The fourth-order valence-electron chi connectivity index (χ4n) is 5.70. The van der Waals surface area contributed by atoms with Gasteiger partial charge >= 0.3 is 0 Å². The molecule has 1 aliphatic carbocycles. The first-order valence-corrected chi connectivity index (χ1v) is 11.8. The third-order valence-corrected chi connectivity index (χ3v) is 7.51. The second kappa shape index (κ2) is 8.61. The highest BCUT2D eigenvalue weighted by atomic mass is 16.5. The minimum Gasteiger partial charge on any atom is -0.493 e. The number of amides is 3. The van der Waals surface area contributed by atoms with E-state index in [2.05, 4.69) is 18.2 Å². The lowest BCUT2D eigenvalue weighted by Crippen LogP contribution is -3.13. The molecule has 1 saturated carbocycles. The van der Waals surface area contributed by atoms with Gasteiger partial charge in [0.1, 0.15) is 12.3 Å². The van der Waals surface area contributed by atoms with Crippen LogP contribution in [0.2, 0.25) is 0 Å². The van der Waals surface area contributed by atoms with Gasteiger partial charge in [-0.2, -0.15) is 0 Å². The van der Waals surface area contributed by atoms with Crippen molar-refractivity contribution in [2.45, 2.75) is 45.1 Å². The van der Waals surface area contributed by atoms with Gasteiger partial charge in [-0.05, 0) is 36.6 Å². The zero-order chi connectivity index (χ0) is 21.4. The molecular formula is C24H32N3O4+. The van der Waals surface area contributed by atoms with Crippen LogP contribution >= 0.6 is 0 Å². The molecular weight excluding hydrogens is 394 g/mol. The lowest BCUT2D eigenvalue weighted by atomic mass is 9.81. The maximum atomic E-state index is 12.7. The molecule has 1 aromatic carbocycles. The van der Waals surface area contributed by atoms with Crippen molar-refractivity contribution in [3.8, 4) is 5.75 Å². The Kier molecular flexibility index (Phi) is 5.69. The van der Waals surface area contributed by atoms with E-state index in [0.717, 1.165) is 77.2 Å². The van der Waals surface area contributed by atoms with Crippen LogP contribution in [0.5, 0.6) is 5.75 Å². The Bertz CT molecular complexity index is 854. The molecule has 3 aliphatic heterocycles. The number of quaternary nitrogens is 1. The summed E-state index contributed by atoms with van der Waals surface area (Å²) < 4.78 is 5.59. The van der Waals surface area contributed by atoms with E-state index in [1.165, 1.54) is 20.9 Å². The molecule has 166 valence electrons. The zero-order valence-electron chi connectivity index (χ0n) is 18.1. The number of rotatable bonds is 5. The van der Waals surface area contributed by atoms with Gasteiger partial charge in [0.15, 0.2) is 0 Å². The molecule has 2 saturated heterocycles. The number of ether oxygens (including phenoxy) is 1. The van der Waals surface area contributed by atoms with Crippen molar-refractivity contribution in [2.75, 3.05) is 39.3 Å². The highest BCUT2D eigenvalue weighted by Crippen LogP contribution is 2.38. The predicted molar refractivity (Wildman–Crippen MR) is 113 cm³/mol. The molecule has 7 heteroatoms. The Morgan fingerprint density at radius 1 is 1.06 bits per heavy atom. The molecule has 0 unspecified atom stereocenters. The maximum absolute atomic E-state index is 12.7. The highest BCUT2D eigenvalue weighted by molar-refractivity contribution is 6.05. The molecule has 0 aromatic heterocycles. The number of hydrogen-bond acceptors (Lipinski definition) is 4. The van der Waals surface area contributed by atoms with Crippen molar-refractivity contribution in [1.29, 1.82) is 0 Å². The van der Waals surface area contributed by atoms with Crippen LogP contribution in [0.15, 0.2) is 18.2 Å². The molecule has 2 atom stereocenters. The molecule has 1 aromatic rings. The van der Waals surface area contributed by atoms with Crippen LogP contribution in [0.1, 0.15) is 43.2 Å². The van der Waals surface area contributed by atoms with Gasteiger partial charge in [-0.1, -0.05) is 12.8 Å². The molecule has 3 amide bonds. The fourth-order valence-corrected chi connectivity index (χ4v) is 5.70. The fraction of sp³-hybridized carbons (Fsp3) is 0.625. The quantitative estimate of drug-likeness (QED) is 0.693. The highest BCUT2D eigenvalue weighted by Gasteiger charge is 2.47. The second-order valence-electron chi connectivity index (χ2n) is 9.42. The summed E-state index contributed by atoms with van der Waals surface area (Å²) in [7, 11) is 0. The molecule has 31 heavy (non-hydrogen) atoms. The van der Waals surface area contributed by atoms with Crippen molar-refractivity contribution < 1.29 is 24.0 Å². The predicted octanol–water partition coefficient (Wildman–Crippen LogP) is 0.414. The summed E-state index contributed by atoms with van der Waals surface area (Å²) in [6.45, 7) is 5.30. The Hall–Kier alpha value is -2.41. The third-order valence-electron chi connectivity index (χ3n) is 7.51. The number of imide groups is 1. The molecule has 5 rings (SSSR count). The van der Waals surface area contributed by atoms with E-state index < -0.39 is 0 Å².